The molecule has 2 atom stereocenters. The van der Waals surface area contributed by atoms with Gasteiger partial charge in [0, 0.05) is 13.3 Å². The summed E-state index contributed by atoms with van der Waals surface area (Å²) in [7, 11) is 0. The number of carboxylic acids is 2. The van der Waals surface area contributed by atoms with Gasteiger partial charge in [0.05, 0.1) is 13.1 Å². The van der Waals surface area contributed by atoms with Crippen molar-refractivity contribution in [2.24, 2.45) is 5.73 Å². The largest absolute Gasteiger partial charge is 0.480 e. The van der Waals surface area contributed by atoms with E-state index in [0.29, 0.717) is 0 Å². The van der Waals surface area contributed by atoms with Gasteiger partial charge in [-0.1, -0.05) is 0 Å². The molecular formula is C10H15N3O6. The number of aliphatic carboxylic acids is 2. The number of likely N-dealkylation sites (tertiary alicyclic amines) is 1. The van der Waals surface area contributed by atoms with Gasteiger partial charge >= 0.3 is 11.9 Å². The smallest absolute Gasteiger partial charge is 0.326 e. The van der Waals surface area contributed by atoms with Crippen molar-refractivity contribution in [3.63, 3.8) is 0 Å². The van der Waals surface area contributed by atoms with Crippen LogP contribution in [0.1, 0.15) is 13.3 Å². The van der Waals surface area contributed by atoms with Gasteiger partial charge in [0.2, 0.25) is 11.8 Å². The molecule has 9 heteroatoms. The maximum absolute atomic E-state index is 11.8. The van der Waals surface area contributed by atoms with Crippen LogP contribution in [0, 0.1) is 0 Å². The molecule has 5 N–H and O–H groups in total. The van der Waals surface area contributed by atoms with E-state index >= 15 is 0 Å². The predicted molar refractivity (Wildman–Crippen MR) is 61.0 cm³/mol. The number of hydrogen-bond acceptors (Lipinski definition) is 5. The molecule has 1 rings (SSSR count). The molecule has 0 radical (unpaired) electrons. The molecule has 2 amide bonds. The molecule has 9 nitrogen and oxygen atoms in total. The highest BCUT2D eigenvalue weighted by atomic mass is 16.4. The highest BCUT2D eigenvalue weighted by molar-refractivity contribution is 5.91. The molecule has 0 aromatic carbocycles. The van der Waals surface area contributed by atoms with Crippen LogP contribution in [0.3, 0.4) is 0 Å². The van der Waals surface area contributed by atoms with E-state index in [1.807, 2.05) is 0 Å². The SMILES string of the molecule is CC(=O)NCC(=O)N1C[C@](N)(C(=O)O)C[C@H]1C(=O)O. The Labute approximate surface area is 108 Å². The lowest BCUT2D eigenvalue weighted by molar-refractivity contribution is -0.148. The van der Waals surface area contributed by atoms with Crippen molar-refractivity contribution >= 4 is 23.8 Å². The summed E-state index contributed by atoms with van der Waals surface area (Å²) in [4.78, 5) is 45.4. The quantitative estimate of drug-likeness (QED) is 0.445. The summed E-state index contributed by atoms with van der Waals surface area (Å²) in [6.45, 7) is 0.406. The summed E-state index contributed by atoms with van der Waals surface area (Å²) >= 11 is 0. The topological polar surface area (TPSA) is 150 Å². The highest BCUT2D eigenvalue weighted by Crippen LogP contribution is 2.25. The molecule has 106 valence electrons. The Hall–Kier alpha value is -2.16. The summed E-state index contributed by atoms with van der Waals surface area (Å²) in [5, 5.41) is 20.2. The molecule has 1 heterocycles. The average molecular weight is 273 g/mol. The van der Waals surface area contributed by atoms with Crippen molar-refractivity contribution in [1.82, 2.24) is 10.2 Å². The van der Waals surface area contributed by atoms with Crippen LogP contribution in [-0.4, -0.2) is 63.5 Å². The van der Waals surface area contributed by atoms with E-state index < -0.39 is 48.4 Å². The second-order valence-electron chi connectivity index (χ2n) is 4.45. The van der Waals surface area contributed by atoms with Gasteiger partial charge in [-0.15, -0.1) is 0 Å². The Balaban J connectivity index is 2.85. The van der Waals surface area contributed by atoms with Gasteiger partial charge in [-0.25, -0.2) is 4.79 Å². The lowest BCUT2D eigenvalue weighted by Crippen LogP contribution is -2.51. The summed E-state index contributed by atoms with van der Waals surface area (Å²) in [5.74, 6) is -3.83. The van der Waals surface area contributed by atoms with Crippen LogP contribution >= 0.6 is 0 Å². The number of nitrogens with zero attached hydrogens (tertiary/aromatic N) is 1. The number of nitrogens with one attached hydrogen (secondary N) is 1. The molecule has 0 aliphatic carbocycles. The Morgan fingerprint density at radius 3 is 2.37 bits per heavy atom. The van der Waals surface area contributed by atoms with Gasteiger partial charge in [-0.3, -0.25) is 14.4 Å². The van der Waals surface area contributed by atoms with Crippen molar-refractivity contribution in [1.29, 1.82) is 0 Å². The normalized spacial score (nSPS) is 26.0. The van der Waals surface area contributed by atoms with E-state index in [9.17, 15) is 19.2 Å². The average Bonchev–Trinajstić information content (AvgIpc) is 2.66. The third kappa shape index (κ3) is 3.19. The van der Waals surface area contributed by atoms with Crippen molar-refractivity contribution in [3.05, 3.63) is 0 Å². The molecule has 1 fully saturated rings. The zero-order chi connectivity index (χ0) is 14.8. The molecule has 0 aromatic rings. The van der Waals surface area contributed by atoms with Gasteiger partial charge in [-0.2, -0.15) is 0 Å². The van der Waals surface area contributed by atoms with Crippen LogP contribution in [-0.2, 0) is 19.2 Å². The van der Waals surface area contributed by atoms with Crippen molar-refractivity contribution in [2.75, 3.05) is 13.1 Å². The first kappa shape index (κ1) is 14.9. The Kier molecular flexibility index (Phi) is 4.10. The van der Waals surface area contributed by atoms with E-state index in [1.54, 1.807) is 0 Å². The van der Waals surface area contributed by atoms with Gasteiger partial charge < -0.3 is 26.2 Å². The first-order valence-electron chi connectivity index (χ1n) is 5.46. The molecule has 1 aliphatic heterocycles. The maximum atomic E-state index is 11.8. The molecule has 0 saturated carbocycles. The molecule has 19 heavy (non-hydrogen) atoms. The minimum absolute atomic E-state index is 0.372. The fourth-order valence-electron chi connectivity index (χ4n) is 1.87. The molecule has 1 aliphatic rings. The maximum Gasteiger partial charge on any atom is 0.326 e. The van der Waals surface area contributed by atoms with E-state index in [1.165, 1.54) is 6.92 Å². The number of carbonyl (C=O) groups is 4. The van der Waals surface area contributed by atoms with Crippen LogP contribution < -0.4 is 11.1 Å². The second-order valence-corrected chi connectivity index (χ2v) is 4.45. The fraction of sp³-hybridized carbons (Fsp3) is 0.600. The Bertz CT molecular complexity index is 437. The lowest BCUT2D eigenvalue weighted by atomic mass is 9.98. The van der Waals surface area contributed by atoms with E-state index in [0.717, 1.165) is 4.90 Å². The predicted octanol–water partition coefficient (Wildman–Crippen LogP) is -2.41. The third-order valence-electron chi connectivity index (χ3n) is 2.91. The van der Waals surface area contributed by atoms with E-state index in [4.69, 9.17) is 15.9 Å². The summed E-state index contributed by atoms with van der Waals surface area (Å²) in [6.07, 6.45) is -0.372. The number of nitrogens with two attached hydrogens (primary N) is 1. The Morgan fingerprint density at radius 2 is 1.95 bits per heavy atom. The first-order chi connectivity index (χ1) is 8.67. The van der Waals surface area contributed by atoms with Gasteiger partial charge in [0.25, 0.3) is 0 Å². The number of carboxylic acid groups (broad SMARTS) is 2. The summed E-state index contributed by atoms with van der Waals surface area (Å²) < 4.78 is 0. The van der Waals surface area contributed by atoms with Crippen LogP contribution in [0.2, 0.25) is 0 Å². The number of rotatable bonds is 4. The molecule has 0 unspecified atom stereocenters. The highest BCUT2D eigenvalue weighted by Gasteiger charge is 2.51. The molecule has 1 saturated heterocycles. The minimum Gasteiger partial charge on any atom is -0.480 e. The van der Waals surface area contributed by atoms with Gasteiger partial charge in [0.1, 0.15) is 11.6 Å². The first-order valence-corrected chi connectivity index (χ1v) is 5.46. The van der Waals surface area contributed by atoms with E-state index in [2.05, 4.69) is 5.32 Å². The van der Waals surface area contributed by atoms with Crippen LogP contribution in [0.25, 0.3) is 0 Å². The van der Waals surface area contributed by atoms with Crippen LogP contribution in [0.5, 0.6) is 0 Å². The zero-order valence-electron chi connectivity index (χ0n) is 10.3. The fourth-order valence-corrected chi connectivity index (χ4v) is 1.87. The van der Waals surface area contributed by atoms with Gasteiger partial charge in [-0.05, 0) is 0 Å². The number of amides is 2. The molecule has 0 spiro atoms. The molecular weight excluding hydrogens is 258 g/mol. The van der Waals surface area contributed by atoms with Gasteiger partial charge in [0.15, 0.2) is 0 Å². The second kappa shape index (κ2) is 5.22. The lowest BCUT2D eigenvalue weighted by Gasteiger charge is -2.22. The van der Waals surface area contributed by atoms with Crippen LogP contribution in [0.4, 0.5) is 0 Å². The minimum atomic E-state index is -1.78. The van der Waals surface area contributed by atoms with Crippen molar-refractivity contribution in [2.45, 2.75) is 24.9 Å². The number of carbonyl (C=O) groups excluding carboxylic acids is 2. The van der Waals surface area contributed by atoms with Crippen molar-refractivity contribution < 1.29 is 29.4 Å². The molecule has 0 bridgehead atoms. The summed E-state index contributed by atoms with van der Waals surface area (Å²) in [5.41, 5.74) is 3.79. The number of hydrogen-bond donors (Lipinski definition) is 4. The third-order valence-corrected chi connectivity index (χ3v) is 2.91. The van der Waals surface area contributed by atoms with E-state index in [-0.39, 0.29) is 6.42 Å². The summed E-state index contributed by atoms with van der Waals surface area (Å²) in [6, 6.07) is -1.30. The monoisotopic (exact) mass is 273 g/mol. The van der Waals surface area contributed by atoms with Crippen molar-refractivity contribution in [3.8, 4) is 0 Å². The molecule has 0 aromatic heterocycles. The zero-order valence-corrected chi connectivity index (χ0v) is 10.3. The van der Waals surface area contributed by atoms with Crippen LogP contribution in [0.15, 0.2) is 0 Å². The Morgan fingerprint density at radius 1 is 1.37 bits per heavy atom. The standard InChI is InChI=1S/C10H15N3O6/c1-5(14)12-3-7(15)13-4-10(11,9(18)19)2-6(13)8(16)17/h6H,2-4,11H2,1H3,(H,12,14)(H,16,17)(H,18,19)/t6-,10-/m0/s1.